The molecule has 1 rings (SSSR count). The monoisotopic (exact) mass is 226 g/mol. The predicted molar refractivity (Wildman–Crippen MR) is 64.1 cm³/mol. The minimum atomic E-state index is -0.242. The van der Waals surface area contributed by atoms with Gasteiger partial charge in [-0.05, 0) is 24.6 Å². The molecule has 0 bridgehead atoms. The van der Waals surface area contributed by atoms with E-state index in [0.29, 0.717) is 18.8 Å². The summed E-state index contributed by atoms with van der Waals surface area (Å²) in [5.74, 6) is -0.242. The van der Waals surface area contributed by atoms with E-state index in [0.717, 1.165) is 5.56 Å². The lowest BCUT2D eigenvalue weighted by molar-refractivity contribution is 0.206. The van der Waals surface area contributed by atoms with Gasteiger partial charge < -0.3 is 15.4 Å². The fraction of sp³-hybridized carbons (Fsp3) is 0.500. The number of rotatable bonds is 5. The topological polar surface area (TPSA) is 38.5 Å². The Balaban J connectivity index is 2.81. The molecule has 3 nitrogen and oxygen atoms in total. The van der Waals surface area contributed by atoms with Crippen molar-refractivity contribution in [3.8, 4) is 0 Å². The third kappa shape index (κ3) is 3.18. The highest BCUT2D eigenvalue weighted by atomic mass is 19.1. The van der Waals surface area contributed by atoms with E-state index < -0.39 is 0 Å². The predicted octanol–water partition coefficient (Wildman–Crippen LogP) is 1.93. The Morgan fingerprint density at radius 3 is 2.69 bits per heavy atom. The van der Waals surface area contributed by atoms with E-state index in [9.17, 15) is 4.39 Å². The first-order chi connectivity index (χ1) is 7.56. The van der Waals surface area contributed by atoms with Crippen molar-refractivity contribution in [2.75, 3.05) is 32.2 Å². The molecule has 2 N–H and O–H groups in total. The Labute approximate surface area is 96.0 Å². The molecular formula is C12H19FN2O. The van der Waals surface area contributed by atoms with E-state index in [-0.39, 0.29) is 11.9 Å². The van der Waals surface area contributed by atoms with Gasteiger partial charge in [-0.3, -0.25) is 0 Å². The summed E-state index contributed by atoms with van der Waals surface area (Å²) in [5.41, 5.74) is 7.07. The average molecular weight is 226 g/mol. The van der Waals surface area contributed by atoms with Crippen LogP contribution in [0, 0.1) is 5.82 Å². The van der Waals surface area contributed by atoms with Crippen molar-refractivity contribution in [3.05, 3.63) is 29.6 Å². The first kappa shape index (κ1) is 12.9. The van der Waals surface area contributed by atoms with Gasteiger partial charge in [0.1, 0.15) is 5.82 Å². The molecule has 0 radical (unpaired) electrons. The third-order valence-corrected chi connectivity index (χ3v) is 2.54. The number of likely N-dealkylation sites (N-methyl/N-ethyl adjacent to an activating group) is 1. The Hall–Kier alpha value is -1.13. The van der Waals surface area contributed by atoms with Crippen LogP contribution < -0.4 is 10.6 Å². The molecule has 0 saturated heterocycles. The van der Waals surface area contributed by atoms with Crippen LogP contribution in [0.3, 0.4) is 0 Å². The molecule has 16 heavy (non-hydrogen) atoms. The van der Waals surface area contributed by atoms with Crippen LogP contribution in [0.1, 0.15) is 18.5 Å². The number of ether oxygens (including phenoxy) is 1. The summed E-state index contributed by atoms with van der Waals surface area (Å²) in [6, 6.07) is 4.95. The third-order valence-electron chi connectivity index (χ3n) is 2.54. The maximum absolute atomic E-state index is 13.8. The second kappa shape index (κ2) is 5.82. The lowest BCUT2D eigenvalue weighted by atomic mass is 10.1. The van der Waals surface area contributed by atoms with Crippen LogP contribution >= 0.6 is 0 Å². The summed E-state index contributed by atoms with van der Waals surface area (Å²) in [6.45, 7) is 3.07. The van der Waals surface area contributed by atoms with Crippen LogP contribution in [-0.4, -0.2) is 27.3 Å². The van der Waals surface area contributed by atoms with E-state index in [1.54, 1.807) is 13.2 Å². The largest absolute Gasteiger partial charge is 0.383 e. The van der Waals surface area contributed by atoms with Crippen molar-refractivity contribution in [2.24, 2.45) is 5.73 Å². The molecular weight excluding hydrogens is 207 g/mol. The zero-order chi connectivity index (χ0) is 12.1. The molecule has 0 heterocycles. The maximum atomic E-state index is 13.8. The Morgan fingerprint density at radius 2 is 2.19 bits per heavy atom. The Bertz CT molecular complexity index is 342. The second-order valence-electron chi connectivity index (χ2n) is 3.91. The fourth-order valence-electron chi connectivity index (χ4n) is 1.46. The van der Waals surface area contributed by atoms with Crippen molar-refractivity contribution < 1.29 is 9.13 Å². The number of benzene rings is 1. The van der Waals surface area contributed by atoms with E-state index >= 15 is 0 Å². The number of nitrogens with two attached hydrogens (primary N) is 1. The van der Waals surface area contributed by atoms with Crippen molar-refractivity contribution >= 4 is 5.69 Å². The number of nitrogens with zero attached hydrogens (tertiary/aromatic N) is 1. The van der Waals surface area contributed by atoms with Crippen molar-refractivity contribution in [1.82, 2.24) is 0 Å². The highest BCUT2D eigenvalue weighted by molar-refractivity contribution is 5.48. The summed E-state index contributed by atoms with van der Waals surface area (Å²) in [7, 11) is 3.46. The highest BCUT2D eigenvalue weighted by Crippen LogP contribution is 2.21. The molecule has 0 aromatic heterocycles. The normalized spacial score (nSPS) is 12.6. The van der Waals surface area contributed by atoms with Crippen LogP contribution in [0.25, 0.3) is 0 Å². The summed E-state index contributed by atoms with van der Waals surface area (Å²) in [6.07, 6.45) is 0. The van der Waals surface area contributed by atoms with Gasteiger partial charge in [0, 0.05) is 26.7 Å². The lowest BCUT2D eigenvalue weighted by Gasteiger charge is -2.20. The van der Waals surface area contributed by atoms with Crippen LogP contribution in [0.2, 0.25) is 0 Å². The summed E-state index contributed by atoms with van der Waals surface area (Å²) in [4.78, 5) is 1.82. The first-order valence-electron chi connectivity index (χ1n) is 5.31. The molecule has 0 fully saturated rings. The van der Waals surface area contributed by atoms with E-state index in [1.807, 2.05) is 24.9 Å². The maximum Gasteiger partial charge on any atom is 0.146 e. The summed E-state index contributed by atoms with van der Waals surface area (Å²) < 4.78 is 18.7. The Morgan fingerprint density at radius 1 is 1.50 bits per heavy atom. The van der Waals surface area contributed by atoms with E-state index in [4.69, 9.17) is 10.5 Å². The number of anilines is 1. The van der Waals surface area contributed by atoms with Gasteiger partial charge in [0.05, 0.1) is 12.3 Å². The van der Waals surface area contributed by atoms with Crippen LogP contribution in [0.4, 0.5) is 10.1 Å². The number of halogens is 1. The van der Waals surface area contributed by atoms with Crippen LogP contribution in [0.15, 0.2) is 18.2 Å². The summed E-state index contributed by atoms with van der Waals surface area (Å²) in [5, 5.41) is 0. The number of hydrogen-bond acceptors (Lipinski definition) is 3. The molecule has 1 aromatic carbocycles. The molecule has 1 unspecified atom stereocenters. The van der Waals surface area contributed by atoms with E-state index in [2.05, 4.69) is 0 Å². The fourth-order valence-corrected chi connectivity index (χ4v) is 1.46. The Kier molecular flexibility index (Phi) is 4.71. The molecule has 1 aromatic rings. The molecule has 0 aliphatic rings. The zero-order valence-electron chi connectivity index (χ0n) is 10.0. The van der Waals surface area contributed by atoms with Gasteiger partial charge in [0.15, 0.2) is 0 Å². The average Bonchev–Trinajstić information content (AvgIpc) is 2.25. The van der Waals surface area contributed by atoms with Crippen molar-refractivity contribution in [3.63, 3.8) is 0 Å². The van der Waals surface area contributed by atoms with E-state index in [1.165, 1.54) is 6.07 Å². The molecule has 0 amide bonds. The SMILES string of the molecule is COCCN(C)c1ccc(C(C)N)cc1F. The second-order valence-corrected chi connectivity index (χ2v) is 3.91. The number of methoxy groups -OCH3 is 1. The highest BCUT2D eigenvalue weighted by Gasteiger charge is 2.09. The van der Waals surface area contributed by atoms with Gasteiger partial charge in [-0.2, -0.15) is 0 Å². The standard InChI is InChI=1S/C12H19FN2O/c1-9(14)10-4-5-12(11(13)8-10)15(2)6-7-16-3/h4-5,8-9H,6-7,14H2,1-3H3. The van der Waals surface area contributed by atoms with Crippen molar-refractivity contribution in [2.45, 2.75) is 13.0 Å². The molecule has 0 saturated carbocycles. The van der Waals surface area contributed by atoms with Gasteiger partial charge >= 0.3 is 0 Å². The van der Waals surface area contributed by atoms with Gasteiger partial charge in [-0.15, -0.1) is 0 Å². The van der Waals surface area contributed by atoms with Crippen LogP contribution in [0.5, 0.6) is 0 Å². The van der Waals surface area contributed by atoms with Gasteiger partial charge in [0.2, 0.25) is 0 Å². The molecule has 1 atom stereocenters. The van der Waals surface area contributed by atoms with Gasteiger partial charge in [0.25, 0.3) is 0 Å². The summed E-state index contributed by atoms with van der Waals surface area (Å²) >= 11 is 0. The molecule has 0 aliphatic heterocycles. The smallest absolute Gasteiger partial charge is 0.146 e. The zero-order valence-corrected chi connectivity index (χ0v) is 10.0. The van der Waals surface area contributed by atoms with Crippen molar-refractivity contribution in [1.29, 1.82) is 0 Å². The molecule has 0 aliphatic carbocycles. The van der Waals surface area contributed by atoms with Gasteiger partial charge in [-0.25, -0.2) is 4.39 Å². The molecule has 4 heteroatoms. The molecule has 0 spiro atoms. The lowest BCUT2D eigenvalue weighted by Crippen LogP contribution is -2.23. The quantitative estimate of drug-likeness (QED) is 0.833. The minimum Gasteiger partial charge on any atom is -0.383 e. The van der Waals surface area contributed by atoms with Gasteiger partial charge in [-0.1, -0.05) is 6.07 Å². The first-order valence-corrected chi connectivity index (χ1v) is 5.31. The van der Waals surface area contributed by atoms with Crippen LogP contribution in [-0.2, 0) is 4.74 Å². The molecule has 90 valence electrons. The minimum absolute atomic E-state index is 0.146. The number of hydrogen-bond donors (Lipinski definition) is 1.